The van der Waals surface area contributed by atoms with Crippen molar-refractivity contribution in [1.82, 2.24) is 0 Å². The largest absolute Gasteiger partial charge is 0.103 e. The Morgan fingerprint density at radius 3 is 2.28 bits per heavy atom. The molecule has 1 rings (SSSR count). The Morgan fingerprint density at radius 2 is 1.83 bits per heavy atom. The molecule has 0 nitrogen and oxygen atoms in total. The first-order valence-corrected chi connectivity index (χ1v) is 7.02. The Bertz CT molecular complexity index is 416. The molecule has 0 aliphatic carbocycles. The molecule has 0 unspecified atom stereocenters. The number of aryl methyl sites for hydroxylation is 1. The van der Waals surface area contributed by atoms with Crippen LogP contribution in [0.15, 0.2) is 24.8 Å². The molecule has 0 bridgehead atoms. The van der Waals surface area contributed by atoms with Gasteiger partial charge in [0, 0.05) is 0 Å². The lowest BCUT2D eigenvalue weighted by atomic mass is 9.79. The molecule has 0 N–H and O–H groups in total. The van der Waals surface area contributed by atoms with E-state index < -0.39 is 0 Å². The first kappa shape index (κ1) is 15.0. The standard InChI is InChI=1S/C18H28/c1-8-9-10-15-11-16(13(2)3)14(4)17(12-15)18(5,6)7/h8,11-13H,1,9-10H2,2-7H3. The molecule has 18 heavy (non-hydrogen) atoms. The molecule has 0 atom stereocenters. The van der Waals surface area contributed by atoms with Gasteiger partial charge in [0.05, 0.1) is 0 Å². The average Bonchev–Trinajstić information content (AvgIpc) is 2.25. The zero-order valence-electron chi connectivity index (χ0n) is 12.9. The zero-order chi connectivity index (χ0) is 13.9. The monoisotopic (exact) mass is 244 g/mol. The van der Waals surface area contributed by atoms with Crippen molar-refractivity contribution in [3.8, 4) is 0 Å². The maximum absolute atomic E-state index is 3.82. The van der Waals surface area contributed by atoms with Gasteiger partial charge < -0.3 is 0 Å². The summed E-state index contributed by atoms with van der Waals surface area (Å²) in [4.78, 5) is 0. The number of allylic oxidation sites excluding steroid dienone is 1. The summed E-state index contributed by atoms with van der Waals surface area (Å²) < 4.78 is 0. The highest BCUT2D eigenvalue weighted by molar-refractivity contribution is 5.43. The Hall–Kier alpha value is -1.04. The summed E-state index contributed by atoms with van der Waals surface area (Å²) >= 11 is 0. The van der Waals surface area contributed by atoms with E-state index in [1.165, 1.54) is 22.3 Å². The van der Waals surface area contributed by atoms with Crippen molar-refractivity contribution in [2.75, 3.05) is 0 Å². The third kappa shape index (κ3) is 3.48. The SMILES string of the molecule is C=CCCc1cc(C(C)C)c(C)c(C(C)(C)C)c1. The lowest BCUT2D eigenvalue weighted by Crippen LogP contribution is -2.15. The van der Waals surface area contributed by atoms with Crippen molar-refractivity contribution in [2.24, 2.45) is 0 Å². The van der Waals surface area contributed by atoms with Gasteiger partial charge in [0.2, 0.25) is 0 Å². The van der Waals surface area contributed by atoms with Crippen molar-refractivity contribution >= 4 is 0 Å². The average molecular weight is 244 g/mol. The quantitative estimate of drug-likeness (QED) is 0.610. The van der Waals surface area contributed by atoms with E-state index in [-0.39, 0.29) is 5.41 Å². The van der Waals surface area contributed by atoms with Gasteiger partial charge in [-0.3, -0.25) is 0 Å². The highest BCUT2D eigenvalue weighted by Gasteiger charge is 2.19. The minimum Gasteiger partial charge on any atom is -0.103 e. The van der Waals surface area contributed by atoms with Crippen LogP contribution in [0.1, 0.15) is 69.2 Å². The second-order valence-electron chi connectivity index (χ2n) is 6.59. The fraction of sp³-hybridized carbons (Fsp3) is 0.556. The molecule has 0 spiro atoms. The molecular weight excluding hydrogens is 216 g/mol. The molecule has 0 heterocycles. The highest BCUT2D eigenvalue weighted by atomic mass is 14.2. The first-order chi connectivity index (χ1) is 8.27. The van der Waals surface area contributed by atoms with Crippen LogP contribution < -0.4 is 0 Å². The molecule has 0 saturated carbocycles. The third-order valence-electron chi connectivity index (χ3n) is 3.57. The van der Waals surface area contributed by atoms with Gasteiger partial charge in [-0.1, -0.05) is 52.8 Å². The minimum absolute atomic E-state index is 0.220. The van der Waals surface area contributed by atoms with E-state index in [0.29, 0.717) is 5.92 Å². The van der Waals surface area contributed by atoms with Gasteiger partial charge in [-0.2, -0.15) is 0 Å². The topological polar surface area (TPSA) is 0 Å². The second kappa shape index (κ2) is 5.73. The summed E-state index contributed by atoms with van der Waals surface area (Å²) in [6.45, 7) is 17.6. The predicted molar refractivity (Wildman–Crippen MR) is 82.5 cm³/mol. The van der Waals surface area contributed by atoms with Gasteiger partial charge in [-0.25, -0.2) is 0 Å². The lowest BCUT2D eigenvalue weighted by Gasteiger charge is -2.26. The van der Waals surface area contributed by atoms with Gasteiger partial charge >= 0.3 is 0 Å². The van der Waals surface area contributed by atoms with Crippen molar-refractivity contribution in [2.45, 2.75) is 65.7 Å². The van der Waals surface area contributed by atoms with Crippen LogP contribution in [-0.2, 0) is 11.8 Å². The predicted octanol–water partition coefficient (Wildman–Crippen LogP) is 5.53. The third-order valence-corrected chi connectivity index (χ3v) is 3.57. The summed E-state index contributed by atoms with van der Waals surface area (Å²) in [6, 6.07) is 4.78. The normalized spacial score (nSPS) is 11.9. The summed E-state index contributed by atoms with van der Waals surface area (Å²) in [5.74, 6) is 0.592. The Balaban J connectivity index is 3.32. The van der Waals surface area contributed by atoms with Crippen LogP contribution >= 0.6 is 0 Å². The first-order valence-electron chi connectivity index (χ1n) is 7.02. The highest BCUT2D eigenvalue weighted by Crippen LogP contribution is 2.32. The molecule has 0 heteroatoms. The van der Waals surface area contributed by atoms with Gasteiger partial charge in [0.25, 0.3) is 0 Å². The second-order valence-corrected chi connectivity index (χ2v) is 6.59. The van der Waals surface area contributed by atoms with Crippen LogP contribution in [0.5, 0.6) is 0 Å². The summed E-state index contributed by atoms with van der Waals surface area (Å²) in [6.07, 6.45) is 4.17. The van der Waals surface area contributed by atoms with Gasteiger partial charge in [-0.15, -0.1) is 6.58 Å². The van der Waals surface area contributed by atoms with Crippen molar-refractivity contribution in [3.05, 3.63) is 47.0 Å². The molecule has 0 radical (unpaired) electrons. The molecule has 1 aromatic carbocycles. The Kier molecular flexibility index (Phi) is 4.78. The molecule has 0 fully saturated rings. The number of hydrogen-bond acceptors (Lipinski definition) is 0. The minimum atomic E-state index is 0.220. The van der Waals surface area contributed by atoms with E-state index in [9.17, 15) is 0 Å². The summed E-state index contributed by atoms with van der Waals surface area (Å²) in [7, 11) is 0. The lowest BCUT2D eigenvalue weighted by molar-refractivity contribution is 0.582. The zero-order valence-corrected chi connectivity index (χ0v) is 12.9. The molecule has 0 aromatic heterocycles. The molecule has 0 saturated heterocycles. The number of benzene rings is 1. The van der Waals surface area contributed by atoms with Gasteiger partial charge in [0.1, 0.15) is 0 Å². The fourth-order valence-electron chi connectivity index (χ4n) is 2.59. The number of rotatable bonds is 4. The van der Waals surface area contributed by atoms with E-state index in [0.717, 1.165) is 12.8 Å². The van der Waals surface area contributed by atoms with Crippen LogP contribution in [0.25, 0.3) is 0 Å². The molecule has 100 valence electrons. The van der Waals surface area contributed by atoms with E-state index in [1.54, 1.807) is 0 Å². The van der Waals surface area contributed by atoms with Crippen LogP contribution in [0, 0.1) is 6.92 Å². The molecule has 1 aromatic rings. The Labute approximate surface area is 113 Å². The van der Waals surface area contributed by atoms with Crippen molar-refractivity contribution in [3.63, 3.8) is 0 Å². The van der Waals surface area contributed by atoms with Crippen LogP contribution in [0.4, 0.5) is 0 Å². The summed E-state index contributed by atoms with van der Waals surface area (Å²) in [5, 5.41) is 0. The maximum Gasteiger partial charge on any atom is -0.0129 e. The van der Waals surface area contributed by atoms with E-state index >= 15 is 0 Å². The van der Waals surface area contributed by atoms with Crippen molar-refractivity contribution < 1.29 is 0 Å². The fourth-order valence-corrected chi connectivity index (χ4v) is 2.59. The molecule has 0 amide bonds. The van der Waals surface area contributed by atoms with E-state index in [2.05, 4.69) is 60.3 Å². The smallest absolute Gasteiger partial charge is 0.0129 e. The number of hydrogen-bond donors (Lipinski definition) is 0. The van der Waals surface area contributed by atoms with Gasteiger partial charge in [0.15, 0.2) is 0 Å². The maximum atomic E-state index is 3.82. The van der Waals surface area contributed by atoms with Crippen LogP contribution in [0.3, 0.4) is 0 Å². The van der Waals surface area contributed by atoms with Crippen LogP contribution in [-0.4, -0.2) is 0 Å². The molecule has 0 aliphatic heterocycles. The molecule has 0 aliphatic rings. The summed E-state index contributed by atoms with van der Waals surface area (Å²) in [5.41, 5.74) is 6.14. The Morgan fingerprint density at radius 1 is 1.22 bits per heavy atom. The molecular formula is C18H28. The van der Waals surface area contributed by atoms with E-state index in [4.69, 9.17) is 0 Å². The van der Waals surface area contributed by atoms with Gasteiger partial charge in [-0.05, 0) is 53.4 Å². The van der Waals surface area contributed by atoms with Crippen molar-refractivity contribution in [1.29, 1.82) is 0 Å². The van der Waals surface area contributed by atoms with E-state index in [1.807, 2.05) is 6.08 Å². The van der Waals surface area contributed by atoms with Crippen LogP contribution in [0.2, 0.25) is 0 Å².